The first-order chi connectivity index (χ1) is 11.6. The van der Waals surface area contributed by atoms with Gasteiger partial charge in [-0.05, 0) is 42.5 Å². The molecule has 0 aliphatic rings. The van der Waals surface area contributed by atoms with E-state index in [1.807, 2.05) is 5.38 Å². The highest BCUT2D eigenvalue weighted by Crippen LogP contribution is 2.29. The van der Waals surface area contributed by atoms with Gasteiger partial charge < -0.3 is 10.1 Å². The Labute approximate surface area is 139 Å². The molecule has 0 unspecified atom stereocenters. The lowest BCUT2D eigenvalue weighted by atomic mass is 10.2. The number of aromatic nitrogens is 3. The van der Waals surface area contributed by atoms with E-state index in [4.69, 9.17) is 5.11 Å². The van der Waals surface area contributed by atoms with Crippen molar-refractivity contribution in [2.24, 2.45) is 0 Å². The largest absolute Gasteiger partial charge is 0.478 e. The number of thiazole rings is 1. The first-order valence-corrected chi connectivity index (χ1v) is 7.93. The van der Waals surface area contributed by atoms with Gasteiger partial charge in [-0.2, -0.15) is 0 Å². The van der Waals surface area contributed by atoms with E-state index in [0.717, 1.165) is 10.6 Å². The summed E-state index contributed by atoms with van der Waals surface area (Å²) in [5, 5.41) is 11.7. The van der Waals surface area contributed by atoms with Gasteiger partial charge in [0, 0.05) is 10.9 Å². The van der Waals surface area contributed by atoms with Crippen LogP contribution in [-0.2, 0) is 0 Å². The minimum atomic E-state index is -0.986. The van der Waals surface area contributed by atoms with E-state index in [0.29, 0.717) is 22.6 Å². The molecule has 2 aromatic carbocycles. The van der Waals surface area contributed by atoms with Crippen LogP contribution in [-0.4, -0.2) is 26.0 Å². The van der Waals surface area contributed by atoms with Crippen LogP contribution in [0.2, 0.25) is 0 Å². The maximum atomic E-state index is 13.0. The first-order valence-electron chi connectivity index (χ1n) is 7.05. The summed E-state index contributed by atoms with van der Waals surface area (Å²) in [7, 11) is 0. The summed E-state index contributed by atoms with van der Waals surface area (Å²) in [6.45, 7) is 0. The molecule has 2 N–H and O–H groups in total. The number of benzene rings is 2. The molecule has 5 nitrogen and oxygen atoms in total. The molecule has 0 saturated carbocycles. The lowest BCUT2D eigenvalue weighted by molar-refractivity contribution is 0.0697. The number of aromatic amines is 1. The lowest BCUT2D eigenvalue weighted by Crippen LogP contribution is -1.94. The van der Waals surface area contributed by atoms with E-state index in [1.54, 1.807) is 24.3 Å². The third kappa shape index (κ3) is 2.55. The second-order valence-corrected chi connectivity index (χ2v) is 6.03. The highest BCUT2D eigenvalue weighted by Gasteiger charge is 2.12. The van der Waals surface area contributed by atoms with Crippen molar-refractivity contribution in [3.63, 3.8) is 0 Å². The summed E-state index contributed by atoms with van der Waals surface area (Å²) in [5.41, 5.74) is 3.00. The smallest absolute Gasteiger partial charge is 0.335 e. The van der Waals surface area contributed by atoms with Gasteiger partial charge in [0.15, 0.2) is 5.82 Å². The highest BCUT2D eigenvalue weighted by molar-refractivity contribution is 7.13. The summed E-state index contributed by atoms with van der Waals surface area (Å²) in [6, 6.07) is 10.9. The SMILES string of the molecule is O=C(O)c1ccc2nc(-c3csc(-c4ccc(F)cc4)n3)[nH]c2c1. The minimum Gasteiger partial charge on any atom is -0.478 e. The number of carboxylic acid groups (broad SMARTS) is 1. The van der Waals surface area contributed by atoms with Crippen LogP contribution in [0, 0.1) is 5.82 Å². The molecular weight excluding hydrogens is 329 g/mol. The summed E-state index contributed by atoms with van der Waals surface area (Å²) in [6.07, 6.45) is 0. The molecule has 0 radical (unpaired) electrons. The van der Waals surface area contributed by atoms with Crippen molar-refractivity contribution in [3.8, 4) is 22.1 Å². The van der Waals surface area contributed by atoms with Crippen molar-refractivity contribution in [2.45, 2.75) is 0 Å². The number of H-pyrrole nitrogens is 1. The molecule has 24 heavy (non-hydrogen) atoms. The molecule has 0 bridgehead atoms. The molecule has 2 aromatic heterocycles. The van der Waals surface area contributed by atoms with Crippen molar-refractivity contribution < 1.29 is 14.3 Å². The Hall–Kier alpha value is -3.06. The van der Waals surface area contributed by atoms with Crippen molar-refractivity contribution >= 4 is 28.3 Å². The summed E-state index contributed by atoms with van der Waals surface area (Å²) < 4.78 is 13.0. The van der Waals surface area contributed by atoms with Gasteiger partial charge in [0.25, 0.3) is 0 Å². The summed E-state index contributed by atoms with van der Waals surface area (Å²) in [4.78, 5) is 23.1. The number of rotatable bonds is 3. The molecule has 0 aliphatic carbocycles. The zero-order valence-corrected chi connectivity index (χ0v) is 13.0. The molecule has 118 valence electrons. The third-order valence-electron chi connectivity index (χ3n) is 3.57. The van der Waals surface area contributed by atoms with Crippen molar-refractivity contribution in [2.75, 3.05) is 0 Å². The maximum absolute atomic E-state index is 13.0. The van der Waals surface area contributed by atoms with Gasteiger partial charge in [-0.1, -0.05) is 0 Å². The number of carboxylic acids is 1. The van der Waals surface area contributed by atoms with Crippen molar-refractivity contribution in [1.29, 1.82) is 0 Å². The van der Waals surface area contributed by atoms with E-state index in [2.05, 4.69) is 15.0 Å². The first kappa shape index (κ1) is 14.5. The third-order valence-corrected chi connectivity index (χ3v) is 4.46. The standard InChI is InChI=1S/C17H10FN3O2S/c18-11-4-1-9(2-5-11)16-21-14(8-24-16)15-19-12-6-3-10(17(22)23)7-13(12)20-15/h1-8H,(H,19,20)(H,22,23). The Morgan fingerprint density at radius 2 is 1.92 bits per heavy atom. The van der Waals surface area contributed by atoms with Crippen LogP contribution < -0.4 is 0 Å². The Balaban J connectivity index is 1.72. The second kappa shape index (κ2) is 5.54. The Morgan fingerprint density at radius 3 is 2.67 bits per heavy atom. The number of imidazole rings is 1. The fraction of sp³-hybridized carbons (Fsp3) is 0. The van der Waals surface area contributed by atoms with Crippen LogP contribution in [0.25, 0.3) is 33.1 Å². The van der Waals surface area contributed by atoms with Gasteiger partial charge in [0.05, 0.1) is 16.6 Å². The quantitative estimate of drug-likeness (QED) is 0.586. The number of carbonyl (C=O) groups is 1. The Bertz CT molecular complexity index is 1050. The van der Waals surface area contributed by atoms with Gasteiger partial charge in [-0.15, -0.1) is 11.3 Å². The molecule has 0 atom stereocenters. The molecule has 7 heteroatoms. The molecule has 2 heterocycles. The molecule has 0 fully saturated rings. The fourth-order valence-electron chi connectivity index (χ4n) is 2.37. The summed E-state index contributed by atoms with van der Waals surface area (Å²) >= 11 is 1.43. The number of halogens is 1. The van der Waals surface area contributed by atoms with Gasteiger partial charge in [-0.3, -0.25) is 0 Å². The van der Waals surface area contributed by atoms with Gasteiger partial charge in [-0.25, -0.2) is 19.2 Å². The minimum absolute atomic E-state index is 0.197. The number of aromatic carboxylic acids is 1. The van der Waals surface area contributed by atoms with E-state index in [-0.39, 0.29) is 11.4 Å². The normalized spacial score (nSPS) is 11.0. The highest BCUT2D eigenvalue weighted by atomic mass is 32.1. The predicted octanol–water partition coefficient (Wildman–Crippen LogP) is 4.19. The molecule has 0 amide bonds. The van der Waals surface area contributed by atoms with Crippen LogP contribution in [0.1, 0.15) is 10.4 Å². The molecule has 0 spiro atoms. The van der Waals surface area contributed by atoms with Crippen molar-refractivity contribution in [3.05, 3.63) is 59.2 Å². The van der Waals surface area contributed by atoms with Crippen LogP contribution in [0.5, 0.6) is 0 Å². The average molecular weight is 339 g/mol. The van der Waals surface area contributed by atoms with E-state index in [1.165, 1.54) is 29.5 Å². The van der Waals surface area contributed by atoms with E-state index >= 15 is 0 Å². The van der Waals surface area contributed by atoms with E-state index < -0.39 is 5.97 Å². The van der Waals surface area contributed by atoms with Crippen LogP contribution >= 0.6 is 11.3 Å². The molecule has 4 rings (SSSR count). The monoisotopic (exact) mass is 339 g/mol. The van der Waals surface area contributed by atoms with Crippen LogP contribution in [0.15, 0.2) is 47.8 Å². The average Bonchev–Trinajstić information content (AvgIpc) is 3.21. The number of hydrogen-bond acceptors (Lipinski definition) is 4. The molecule has 0 saturated heterocycles. The molecule has 4 aromatic rings. The number of fused-ring (bicyclic) bond motifs is 1. The fourth-order valence-corrected chi connectivity index (χ4v) is 3.18. The predicted molar refractivity (Wildman–Crippen MR) is 89.6 cm³/mol. The maximum Gasteiger partial charge on any atom is 0.335 e. The lowest BCUT2D eigenvalue weighted by Gasteiger charge is -1.95. The topological polar surface area (TPSA) is 78.9 Å². The van der Waals surface area contributed by atoms with Crippen LogP contribution in [0.4, 0.5) is 4.39 Å². The second-order valence-electron chi connectivity index (χ2n) is 5.17. The van der Waals surface area contributed by atoms with Crippen LogP contribution in [0.3, 0.4) is 0 Å². The zero-order valence-electron chi connectivity index (χ0n) is 12.2. The van der Waals surface area contributed by atoms with Gasteiger partial charge in [0.2, 0.25) is 0 Å². The van der Waals surface area contributed by atoms with Gasteiger partial charge >= 0.3 is 5.97 Å². The van der Waals surface area contributed by atoms with E-state index in [9.17, 15) is 9.18 Å². The number of nitrogens with zero attached hydrogens (tertiary/aromatic N) is 2. The van der Waals surface area contributed by atoms with Crippen molar-refractivity contribution in [1.82, 2.24) is 15.0 Å². The van der Waals surface area contributed by atoms with Gasteiger partial charge in [0.1, 0.15) is 16.5 Å². The number of nitrogens with one attached hydrogen (secondary N) is 1. The molecule has 0 aliphatic heterocycles. The molecular formula is C17H10FN3O2S. The number of hydrogen-bond donors (Lipinski definition) is 2. The summed E-state index contributed by atoms with van der Waals surface area (Å²) in [5.74, 6) is -0.709. The zero-order chi connectivity index (χ0) is 16.7. The Kier molecular flexibility index (Phi) is 3.35. The Morgan fingerprint density at radius 1 is 1.12 bits per heavy atom.